The first-order valence-corrected chi connectivity index (χ1v) is 10.6. The third kappa shape index (κ3) is 3.76. The van der Waals surface area contributed by atoms with E-state index in [0.717, 1.165) is 17.5 Å². The number of halogens is 1. The monoisotopic (exact) mass is 447 g/mol. The lowest BCUT2D eigenvalue weighted by Gasteiger charge is -2.25. The highest BCUT2D eigenvalue weighted by molar-refractivity contribution is 6.51. The van der Waals surface area contributed by atoms with Gasteiger partial charge in [0.25, 0.3) is 11.7 Å². The zero-order valence-corrected chi connectivity index (χ0v) is 18.5. The minimum atomic E-state index is -0.774. The van der Waals surface area contributed by atoms with Gasteiger partial charge in [-0.15, -0.1) is 0 Å². The number of nitrogens with zero attached hydrogens (tertiary/aromatic N) is 1. The fraction of sp³-hybridized carbons (Fsp3) is 0.154. The molecular weight excluding hydrogens is 426 g/mol. The van der Waals surface area contributed by atoms with E-state index in [1.807, 2.05) is 30.3 Å². The van der Waals surface area contributed by atoms with Crippen LogP contribution in [0.15, 0.2) is 78.4 Å². The number of aliphatic hydroxyl groups excluding tert-OH is 1. The molecule has 4 rings (SSSR count). The average Bonchev–Trinajstić information content (AvgIpc) is 3.09. The summed E-state index contributed by atoms with van der Waals surface area (Å²) in [6.45, 7) is 2.05. The van der Waals surface area contributed by atoms with Gasteiger partial charge in [0.05, 0.1) is 23.7 Å². The standard InChI is InChI=1S/C26H22ClNO4/c1-3-16-9-11-17(12-10-16)23-22(24(29)18-13-14-21(32-2)20(27)15-18)25(30)26(31)28(23)19-7-5-4-6-8-19/h4-15,23,29H,3H2,1-2H3/b24-22-. The predicted molar refractivity (Wildman–Crippen MR) is 125 cm³/mol. The van der Waals surface area contributed by atoms with Gasteiger partial charge in [-0.3, -0.25) is 14.5 Å². The highest BCUT2D eigenvalue weighted by atomic mass is 35.5. The van der Waals surface area contributed by atoms with Gasteiger partial charge < -0.3 is 9.84 Å². The van der Waals surface area contributed by atoms with Gasteiger partial charge in [-0.25, -0.2) is 0 Å². The minimum absolute atomic E-state index is 0.0179. The van der Waals surface area contributed by atoms with Crippen molar-refractivity contribution in [3.63, 3.8) is 0 Å². The van der Waals surface area contributed by atoms with Crippen LogP contribution >= 0.6 is 11.6 Å². The molecule has 1 amide bonds. The second kappa shape index (κ2) is 8.89. The molecule has 5 nitrogen and oxygen atoms in total. The number of ether oxygens (including phenoxy) is 1. The molecule has 3 aromatic carbocycles. The summed E-state index contributed by atoms with van der Waals surface area (Å²) in [7, 11) is 1.49. The van der Waals surface area contributed by atoms with E-state index in [1.165, 1.54) is 18.1 Å². The molecule has 6 heteroatoms. The maximum absolute atomic E-state index is 13.2. The number of aryl methyl sites for hydroxylation is 1. The zero-order valence-electron chi connectivity index (χ0n) is 17.7. The van der Waals surface area contributed by atoms with E-state index in [1.54, 1.807) is 36.4 Å². The number of carbonyl (C=O) groups excluding carboxylic acids is 2. The molecule has 1 fully saturated rings. The normalized spacial score (nSPS) is 17.6. The van der Waals surface area contributed by atoms with Gasteiger partial charge in [0, 0.05) is 11.3 Å². The largest absolute Gasteiger partial charge is 0.507 e. The maximum atomic E-state index is 13.2. The molecule has 1 unspecified atom stereocenters. The first-order chi connectivity index (χ1) is 15.5. The summed E-state index contributed by atoms with van der Waals surface area (Å²) in [5.41, 5.74) is 2.78. The Morgan fingerprint density at radius 2 is 1.72 bits per heavy atom. The topological polar surface area (TPSA) is 66.8 Å². The number of rotatable bonds is 5. The molecule has 3 aromatic rings. The molecule has 0 aliphatic carbocycles. The molecule has 1 aliphatic heterocycles. The van der Waals surface area contributed by atoms with Crippen LogP contribution in [0.2, 0.25) is 5.02 Å². The van der Waals surface area contributed by atoms with Crippen LogP contribution in [0.3, 0.4) is 0 Å². The Balaban J connectivity index is 1.92. The van der Waals surface area contributed by atoms with E-state index in [-0.39, 0.29) is 16.4 Å². The van der Waals surface area contributed by atoms with E-state index in [9.17, 15) is 14.7 Å². The van der Waals surface area contributed by atoms with Crippen LogP contribution in [0.25, 0.3) is 5.76 Å². The predicted octanol–water partition coefficient (Wildman–Crippen LogP) is 5.54. The minimum Gasteiger partial charge on any atom is -0.507 e. The second-order valence-corrected chi connectivity index (χ2v) is 7.86. The third-order valence-corrected chi connectivity index (χ3v) is 5.90. The van der Waals surface area contributed by atoms with Crippen LogP contribution < -0.4 is 9.64 Å². The number of hydrogen-bond acceptors (Lipinski definition) is 4. The van der Waals surface area contributed by atoms with Crippen molar-refractivity contribution in [3.8, 4) is 5.75 Å². The van der Waals surface area contributed by atoms with Gasteiger partial charge in [0.2, 0.25) is 0 Å². The Hall–Kier alpha value is -3.57. The van der Waals surface area contributed by atoms with Gasteiger partial charge in [-0.2, -0.15) is 0 Å². The van der Waals surface area contributed by atoms with Crippen molar-refractivity contribution in [3.05, 3.63) is 100 Å². The molecule has 1 aliphatic rings. The molecule has 1 heterocycles. The van der Waals surface area contributed by atoms with Gasteiger partial charge in [-0.1, -0.05) is 61.0 Å². The van der Waals surface area contributed by atoms with E-state index >= 15 is 0 Å². The molecule has 32 heavy (non-hydrogen) atoms. The first kappa shape index (κ1) is 21.7. The maximum Gasteiger partial charge on any atom is 0.300 e. The molecule has 0 saturated carbocycles. The second-order valence-electron chi connectivity index (χ2n) is 7.45. The summed E-state index contributed by atoms with van der Waals surface area (Å²) < 4.78 is 5.17. The summed E-state index contributed by atoms with van der Waals surface area (Å²) in [6, 6.07) is 20.6. The van der Waals surface area contributed by atoms with Gasteiger partial charge in [0.15, 0.2) is 0 Å². The van der Waals surface area contributed by atoms with Crippen molar-refractivity contribution in [2.45, 2.75) is 19.4 Å². The van der Waals surface area contributed by atoms with E-state index in [4.69, 9.17) is 16.3 Å². The number of anilines is 1. The van der Waals surface area contributed by atoms with Gasteiger partial charge >= 0.3 is 0 Å². The average molecular weight is 448 g/mol. The third-order valence-electron chi connectivity index (χ3n) is 5.61. The number of para-hydroxylation sites is 1. The van der Waals surface area contributed by atoms with Crippen LogP contribution in [0.1, 0.15) is 29.7 Å². The molecule has 1 saturated heterocycles. The number of hydrogen-bond donors (Lipinski definition) is 1. The van der Waals surface area contributed by atoms with Crippen LogP contribution in [0.5, 0.6) is 5.75 Å². The Morgan fingerprint density at radius 3 is 2.31 bits per heavy atom. The van der Waals surface area contributed by atoms with E-state index in [0.29, 0.717) is 17.0 Å². The molecule has 1 N–H and O–H groups in total. The highest BCUT2D eigenvalue weighted by Crippen LogP contribution is 2.42. The van der Waals surface area contributed by atoms with E-state index < -0.39 is 17.7 Å². The quantitative estimate of drug-likeness (QED) is 0.317. The number of aliphatic hydroxyl groups is 1. The van der Waals surface area contributed by atoms with Crippen molar-refractivity contribution in [1.82, 2.24) is 0 Å². The Morgan fingerprint density at radius 1 is 1.03 bits per heavy atom. The van der Waals surface area contributed by atoms with Crippen molar-refractivity contribution >= 4 is 34.7 Å². The molecular formula is C26H22ClNO4. The summed E-state index contributed by atoms with van der Waals surface area (Å²) in [5, 5.41) is 11.5. The Labute approximate surface area is 191 Å². The SMILES string of the molecule is CCc1ccc(C2/C(=C(/O)c3ccc(OC)c(Cl)c3)C(=O)C(=O)N2c2ccccc2)cc1. The Bertz CT molecular complexity index is 1200. The number of benzene rings is 3. The number of Topliss-reactive ketones (excluding diaryl/α,β-unsaturated/α-hetero) is 1. The smallest absolute Gasteiger partial charge is 0.300 e. The van der Waals surface area contributed by atoms with Crippen molar-refractivity contribution in [1.29, 1.82) is 0 Å². The number of ketones is 1. The summed E-state index contributed by atoms with van der Waals surface area (Å²) in [5.74, 6) is -1.28. The highest BCUT2D eigenvalue weighted by Gasteiger charge is 2.46. The van der Waals surface area contributed by atoms with Gasteiger partial charge in [-0.05, 0) is 47.9 Å². The Kier molecular flexibility index (Phi) is 6.01. The lowest BCUT2D eigenvalue weighted by atomic mass is 9.94. The fourth-order valence-corrected chi connectivity index (χ4v) is 4.17. The summed E-state index contributed by atoms with van der Waals surface area (Å²) >= 11 is 6.24. The number of amides is 1. The lowest BCUT2D eigenvalue weighted by molar-refractivity contribution is -0.132. The van der Waals surface area contributed by atoms with Crippen LogP contribution in [0.4, 0.5) is 5.69 Å². The van der Waals surface area contributed by atoms with Crippen molar-refractivity contribution in [2.24, 2.45) is 0 Å². The van der Waals surface area contributed by atoms with Crippen molar-refractivity contribution in [2.75, 3.05) is 12.0 Å². The molecule has 162 valence electrons. The molecule has 0 radical (unpaired) electrons. The van der Waals surface area contributed by atoms with Crippen molar-refractivity contribution < 1.29 is 19.4 Å². The number of methoxy groups -OCH3 is 1. The lowest BCUT2D eigenvalue weighted by Crippen LogP contribution is -2.29. The van der Waals surface area contributed by atoms with E-state index in [2.05, 4.69) is 6.92 Å². The van der Waals surface area contributed by atoms with Crippen LogP contribution in [-0.2, 0) is 16.0 Å². The fourth-order valence-electron chi connectivity index (χ4n) is 3.91. The first-order valence-electron chi connectivity index (χ1n) is 10.2. The number of carbonyl (C=O) groups is 2. The summed E-state index contributed by atoms with van der Waals surface area (Å²) in [6.07, 6.45) is 0.865. The summed E-state index contributed by atoms with van der Waals surface area (Å²) in [4.78, 5) is 27.7. The van der Waals surface area contributed by atoms with Crippen LogP contribution in [-0.4, -0.2) is 23.9 Å². The molecule has 0 spiro atoms. The van der Waals surface area contributed by atoms with Crippen LogP contribution in [0, 0.1) is 0 Å². The molecule has 1 atom stereocenters. The molecule has 0 bridgehead atoms. The van der Waals surface area contributed by atoms with Gasteiger partial charge in [0.1, 0.15) is 11.5 Å². The zero-order chi connectivity index (χ0) is 22.8. The molecule has 0 aromatic heterocycles.